The van der Waals surface area contributed by atoms with Crippen LogP contribution in [0.1, 0.15) is 23.7 Å². The number of carbonyl (C=O) groups is 1. The number of amides is 1. The number of carbonyl (C=O) groups excluding carboxylic acids is 1. The van der Waals surface area contributed by atoms with Crippen molar-refractivity contribution in [3.63, 3.8) is 0 Å². The van der Waals surface area contributed by atoms with E-state index in [1.807, 2.05) is 24.3 Å². The van der Waals surface area contributed by atoms with Gasteiger partial charge in [-0.3, -0.25) is 9.69 Å². The summed E-state index contributed by atoms with van der Waals surface area (Å²) in [7, 11) is 2.08. The number of piperazine rings is 1. The Kier molecular flexibility index (Phi) is 11.8. The zero-order valence-electron chi connectivity index (χ0n) is 14.6. The van der Waals surface area contributed by atoms with Gasteiger partial charge in [-0.2, -0.15) is 0 Å². The summed E-state index contributed by atoms with van der Waals surface area (Å²) in [6.07, 6.45) is 1.12. The molecule has 0 unspecified atom stereocenters. The Labute approximate surface area is 158 Å². The first-order valence-electron chi connectivity index (χ1n) is 8.23. The standard InChI is InChI=1S/C17H28N4O.2ClH/c1-3-11-20(2)16-6-4-15(5-7-16)17(22)19-10-14-21-12-8-18-9-13-21;;/h4-7,18H,3,8-14H2,1-2H3,(H,19,22);2*1H. The average Bonchev–Trinajstić information content (AvgIpc) is 2.56. The maximum atomic E-state index is 12.1. The molecule has 1 aliphatic heterocycles. The van der Waals surface area contributed by atoms with Crippen molar-refractivity contribution < 1.29 is 4.79 Å². The van der Waals surface area contributed by atoms with E-state index < -0.39 is 0 Å². The number of halogens is 2. The van der Waals surface area contributed by atoms with E-state index in [4.69, 9.17) is 0 Å². The highest BCUT2D eigenvalue weighted by Crippen LogP contribution is 2.14. The van der Waals surface area contributed by atoms with Crippen LogP contribution in [0.5, 0.6) is 0 Å². The van der Waals surface area contributed by atoms with Crippen molar-refractivity contribution in [1.82, 2.24) is 15.5 Å². The SMILES string of the molecule is CCCN(C)c1ccc(C(=O)NCCN2CCNCC2)cc1.Cl.Cl. The first-order chi connectivity index (χ1) is 10.7. The lowest BCUT2D eigenvalue weighted by Crippen LogP contribution is -2.46. The molecule has 0 saturated carbocycles. The number of nitrogens with zero attached hydrogens (tertiary/aromatic N) is 2. The predicted octanol–water partition coefficient (Wildman–Crippen LogP) is 2.01. The van der Waals surface area contributed by atoms with Gasteiger partial charge in [0.25, 0.3) is 5.91 Å². The summed E-state index contributed by atoms with van der Waals surface area (Å²) in [5, 5.41) is 6.34. The molecule has 0 radical (unpaired) electrons. The zero-order chi connectivity index (χ0) is 15.8. The summed E-state index contributed by atoms with van der Waals surface area (Å²) < 4.78 is 0. The van der Waals surface area contributed by atoms with E-state index in [1.54, 1.807) is 0 Å². The molecular weight excluding hydrogens is 347 g/mol. The lowest BCUT2D eigenvalue weighted by atomic mass is 10.2. The van der Waals surface area contributed by atoms with Gasteiger partial charge in [-0.15, -0.1) is 24.8 Å². The predicted molar refractivity (Wildman–Crippen MR) is 106 cm³/mol. The molecule has 7 heteroatoms. The monoisotopic (exact) mass is 376 g/mol. The normalized spacial score (nSPS) is 14.2. The fourth-order valence-electron chi connectivity index (χ4n) is 2.70. The summed E-state index contributed by atoms with van der Waals surface area (Å²) in [6, 6.07) is 7.84. The van der Waals surface area contributed by atoms with Crippen molar-refractivity contribution in [1.29, 1.82) is 0 Å². The van der Waals surface area contributed by atoms with Gasteiger partial charge in [-0.05, 0) is 30.7 Å². The minimum Gasteiger partial charge on any atom is -0.375 e. The quantitative estimate of drug-likeness (QED) is 0.763. The number of benzene rings is 1. The molecule has 138 valence electrons. The van der Waals surface area contributed by atoms with E-state index in [1.165, 1.54) is 0 Å². The number of hydrogen-bond donors (Lipinski definition) is 2. The maximum absolute atomic E-state index is 12.1. The molecule has 2 N–H and O–H groups in total. The molecule has 1 amide bonds. The number of rotatable bonds is 7. The minimum atomic E-state index is 0. The molecule has 0 atom stereocenters. The van der Waals surface area contributed by atoms with E-state index in [-0.39, 0.29) is 30.7 Å². The van der Waals surface area contributed by atoms with E-state index in [9.17, 15) is 4.79 Å². The third-order valence-electron chi connectivity index (χ3n) is 4.05. The number of nitrogens with one attached hydrogen (secondary N) is 2. The van der Waals surface area contributed by atoms with Gasteiger partial charge in [0.05, 0.1) is 0 Å². The second-order valence-electron chi connectivity index (χ2n) is 5.82. The number of hydrogen-bond acceptors (Lipinski definition) is 4. The second-order valence-corrected chi connectivity index (χ2v) is 5.82. The molecule has 5 nitrogen and oxygen atoms in total. The minimum absolute atomic E-state index is 0. The molecule has 0 aliphatic carbocycles. The summed E-state index contributed by atoms with van der Waals surface area (Å²) >= 11 is 0. The van der Waals surface area contributed by atoms with E-state index >= 15 is 0 Å². The Balaban J connectivity index is 0.00000264. The van der Waals surface area contributed by atoms with Gasteiger partial charge in [0.2, 0.25) is 0 Å². The Hall–Kier alpha value is -1.01. The van der Waals surface area contributed by atoms with Crippen LogP contribution in [0.25, 0.3) is 0 Å². The second kappa shape index (κ2) is 12.4. The van der Waals surface area contributed by atoms with Crippen LogP contribution in [0.4, 0.5) is 5.69 Å². The van der Waals surface area contributed by atoms with Crippen molar-refractivity contribution in [3.8, 4) is 0 Å². The molecule has 1 heterocycles. The molecule has 1 aromatic rings. The summed E-state index contributed by atoms with van der Waals surface area (Å²) in [6.45, 7) is 9.03. The van der Waals surface area contributed by atoms with E-state index in [0.29, 0.717) is 6.54 Å². The Morgan fingerprint density at radius 3 is 2.42 bits per heavy atom. The fraction of sp³-hybridized carbons (Fsp3) is 0.588. The molecule has 0 bridgehead atoms. The molecule has 24 heavy (non-hydrogen) atoms. The van der Waals surface area contributed by atoms with Crippen molar-refractivity contribution >= 4 is 36.4 Å². The van der Waals surface area contributed by atoms with Crippen molar-refractivity contribution in [3.05, 3.63) is 29.8 Å². The first-order valence-corrected chi connectivity index (χ1v) is 8.23. The topological polar surface area (TPSA) is 47.6 Å². The summed E-state index contributed by atoms with van der Waals surface area (Å²) in [5.74, 6) is 0.0137. The Morgan fingerprint density at radius 2 is 1.83 bits per heavy atom. The fourth-order valence-corrected chi connectivity index (χ4v) is 2.70. The molecular formula is C17H30Cl2N4O. The van der Waals surface area contributed by atoms with Gasteiger partial charge in [-0.25, -0.2) is 0 Å². The lowest BCUT2D eigenvalue weighted by Gasteiger charge is -2.27. The highest BCUT2D eigenvalue weighted by atomic mass is 35.5. The van der Waals surface area contributed by atoms with E-state index in [0.717, 1.165) is 56.9 Å². The van der Waals surface area contributed by atoms with Gasteiger partial charge in [-0.1, -0.05) is 6.92 Å². The third-order valence-corrected chi connectivity index (χ3v) is 4.05. The van der Waals surface area contributed by atoms with Gasteiger partial charge < -0.3 is 15.5 Å². The molecule has 1 saturated heterocycles. The average molecular weight is 377 g/mol. The van der Waals surface area contributed by atoms with Crippen molar-refractivity contribution in [2.75, 3.05) is 57.8 Å². The first kappa shape index (κ1) is 23.0. The summed E-state index contributed by atoms with van der Waals surface area (Å²) in [5.41, 5.74) is 1.88. The van der Waals surface area contributed by atoms with Crippen molar-refractivity contribution in [2.24, 2.45) is 0 Å². The highest BCUT2D eigenvalue weighted by molar-refractivity contribution is 5.94. The van der Waals surface area contributed by atoms with Gasteiger partial charge in [0.1, 0.15) is 0 Å². The van der Waals surface area contributed by atoms with Gasteiger partial charge in [0.15, 0.2) is 0 Å². The molecule has 0 spiro atoms. The van der Waals surface area contributed by atoms with Gasteiger partial charge >= 0.3 is 0 Å². The van der Waals surface area contributed by atoms with Crippen LogP contribution in [-0.2, 0) is 0 Å². The van der Waals surface area contributed by atoms with Crippen molar-refractivity contribution in [2.45, 2.75) is 13.3 Å². The Bertz CT molecular complexity index is 464. The van der Waals surface area contributed by atoms with Crippen LogP contribution in [0.15, 0.2) is 24.3 Å². The highest BCUT2D eigenvalue weighted by Gasteiger charge is 2.10. The third kappa shape index (κ3) is 7.26. The van der Waals surface area contributed by atoms with Crippen LogP contribution in [0, 0.1) is 0 Å². The van der Waals surface area contributed by atoms with Crippen LogP contribution in [0.3, 0.4) is 0 Å². The molecule has 1 fully saturated rings. The largest absolute Gasteiger partial charge is 0.375 e. The Morgan fingerprint density at radius 1 is 1.21 bits per heavy atom. The molecule has 0 aromatic heterocycles. The maximum Gasteiger partial charge on any atom is 0.251 e. The van der Waals surface area contributed by atoms with Crippen LogP contribution >= 0.6 is 24.8 Å². The summed E-state index contributed by atoms with van der Waals surface area (Å²) in [4.78, 5) is 16.7. The van der Waals surface area contributed by atoms with Crippen LogP contribution in [-0.4, -0.2) is 63.7 Å². The lowest BCUT2D eigenvalue weighted by molar-refractivity contribution is 0.0947. The smallest absolute Gasteiger partial charge is 0.251 e. The molecule has 1 aliphatic rings. The van der Waals surface area contributed by atoms with Crippen LogP contribution in [0.2, 0.25) is 0 Å². The van der Waals surface area contributed by atoms with Crippen LogP contribution < -0.4 is 15.5 Å². The number of anilines is 1. The van der Waals surface area contributed by atoms with E-state index in [2.05, 4.69) is 34.4 Å². The molecule has 1 aromatic carbocycles. The van der Waals surface area contributed by atoms with Gasteiger partial charge in [0, 0.05) is 64.1 Å². The molecule has 2 rings (SSSR count). The zero-order valence-corrected chi connectivity index (χ0v) is 16.2.